The molecule has 4 rings (SSSR count). The number of hydrogen-bond donors (Lipinski definition) is 2. The first-order valence-corrected chi connectivity index (χ1v) is 9.08. The Morgan fingerprint density at radius 2 is 2.07 bits per heavy atom. The van der Waals surface area contributed by atoms with Gasteiger partial charge in [0.1, 0.15) is 17.4 Å². The highest BCUT2D eigenvalue weighted by atomic mass is 19.1. The van der Waals surface area contributed by atoms with Crippen molar-refractivity contribution in [2.75, 3.05) is 11.9 Å². The molecule has 7 nitrogen and oxygen atoms in total. The number of anilines is 1. The summed E-state index contributed by atoms with van der Waals surface area (Å²) < 4.78 is 20.5. The molecule has 1 aliphatic heterocycles. The Morgan fingerprint density at radius 3 is 2.76 bits per heavy atom. The maximum absolute atomic E-state index is 13.7. The van der Waals surface area contributed by atoms with Gasteiger partial charge in [0.15, 0.2) is 6.61 Å². The Balaban J connectivity index is 1.71. The molecule has 1 atom stereocenters. The molecule has 8 heteroatoms. The lowest BCUT2D eigenvalue weighted by molar-refractivity contribution is -0.120. The van der Waals surface area contributed by atoms with Gasteiger partial charge in [-0.3, -0.25) is 9.59 Å². The number of nitrogens with zero attached hydrogens (tertiary/aromatic N) is 2. The van der Waals surface area contributed by atoms with Crippen molar-refractivity contribution in [3.8, 4) is 11.4 Å². The Morgan fingerprint density at radius 1 is 1.31 bits per heavy atom. The van der Waals surface area contributed by atoms with Crippen molar-refractivity contribution in [2.24, 2.45) is 5.73 Å². The molecule has 0 saturated heterocycles. The molecule has 0 spiro atoms. The number of primary amides is 1. The van der Waals surface area contributed by atoms with Crippen molar-refractivity contribution < 1.29 is 18.7 Å². The smallest absolute Gasteiger partial charge is 0.255 e. The second-order valence-corrected chi connectivity index (χ2v) is 6.87. The summed E-state index contributed by atoms with van der Waals surface area (Å²) in [7, 11) is 0. The number of aryl methyl sites for hydroxylation is 1. The van der Waals surface area contributed by atoms with Crippen LogP contribution in [0.5, 0.6) is 5.75 Å². The van der Waals surface area contributed by atoms with Crippen LogP contribution in [0.2, 0.25) is 0 Å². The van der Waals surface area contributed by atoms with E-state index in [-0.39, 0.29) is 30.7 Å². The van der Waals surface area contributed by atoms with Crippen molar-refractivity contribution in [2.45, 2.75) is 19.3 Å². The first-order chi connectivity index (χ1) is 13.9. The molecular formula is C21H19FN4O3. The van der Waals surface area contributed by atoms with E-state index in [4.69, 9.17) is 10.5 Å². The SMILES string of the molecule is Cc1nn(-c2cccc(F)c2)c2c1[C@@H](c1ccc(OCC(N)=O)cc1)CC(=O)N2. The number of nitrogens with two attached hydrogens (primary N) is 1. The van der Waals surface area contributed by atoms with E-state index in [0.29, 0.717) is 17.3 Å². The molecule has 148 valence electrons. The second kappa shape index (κ2) is 7.38. The summed E-state index contributed by atoms with van der Waals surface area (Å²) in [6.45, 7) is 1.66. The Labute approximate surface area is 166 Å². The summed E-state index contributed by atoms with van der Waals surface area (Å²) in [4.78, 5) is 23.3. The summed E-state index contributed by atoms with van der Waals surface area (Å²) in [5.74, 6) is -0.221. The van der Waals surface area contributed by atoms with Crippen LogP contribution in [0, 0.1) is 12.7 Å². The zero-order valence-electron chi connectivity index (χ0n) is 15.7. The summed E-state index contributed by atoms with van der Waals surface area (Å²) in [5, 5.41) is 7.41. The van der Waals surface area contributed by atoms with Gasteiger partial charge in [0, 0.05) is 17.9 Å². The predicted octanol–water partition coefficient (Wildman–Crippen LogP) is 2.66. The third kappa shape index (κ3) is 3.69. The summed E-state index contributed by atoms with van der Waals surface area (Å²) in [6.07, 6.45) is 0.268. The van der Waals surface area contributed by atoms with E-state index in [0.717, 1.165) is 16.8 Å². The number of amides is 2. The van der Waals surface area contributed by atoms with Gasteiger partial charge in [-0.05, 0) is 42.8 Å². The van der Waals surface area contributed by atoms with Gasteiger partial charge in [-0.15, -0.1) is 0 Å². The zero-order valence-corrected chi connectivity index (χ0v) is 15.7. The van der Waals surface area contributed by atoms with Crippen LogP contribution in [-0.2, 0) is 9.59 Å². The van der Waals surface area contributed by atoms with Crippen molar-refractivity contribution in [3.05, 3.63) is 71.2 Å². The van der Waals surface area contributed by atoms with Crippen molar-refractivity contribution in [3.63, 3.8) is 0 Å². The maximum atomic E-state index is 13.7. The molecule has 3 N–H and O–H groups in total. The lowest BCUT2D eigenvalue weighted by Crippen LogP contribution is -2.25. The fraction of sp³-hybridized carbons (Fsp3) is 0.190. The molecule has 0 unspecified atom stereocenters. The number of rotatable bonds is 5. The van der Waals surface area contributed by atoms with Crippen molar-refractivity contribution in [1.29, 1.82) is 0 Å². The van der Waals surface area contributed by atoms with E-state index in [1.807, 2.05) is 19.1 Å². The maximum Gasteiger partial charge on any atom is 0.255 e. The summed E-state index contributed by atoms with van der Waals surface area (Å²) in [5.41, 5.74) is 8.18. The molecule has 0 saturated carbocycles. The monoisotopic (exact) mass is 394 g/mol. The highest BCUT2D eigenvalue weighted by Gasteiger charge is 2.32. The molecule has 2 heterocycles. The first kappa shape index (κ1) is 18.7. The topological polar surface area (TPSA) is 99.2 Å². The number of carbonyl (C=O) groups excluding carboxylic acids is 2. The number of carbonyl (C=O) groups is 2. The lowest BCUT2D eigenvalue weighted by Gasteiger charge is -2.24. The van der Waals surface area contributed by atoms with E-state index < -0.39 is 5.91 Å². The zero-order chi connectivity index (χ0) is 20.5. The molecular weight excluding hydrogens is 375 g/mol. The van der Waals surface area contributed by atoms with Crippen LogP contribution >= 0.6 is 0 Å². The van der Waals surface area contributed by atoms with Crippen molar-refractivity contribution in [1.82, 2.24) is 9.78 Å². The van der Waals surface area contributed by atoms with E-state index in [1.54, 1.807) is 28.9 Å². The number of fused-ring (bicyclic) bond motifs is 1. The molecule has 1 aliphatic rings. The highest BCUT2D eigenvalue weighted by molar-refractivity contribution is 5.95. The minimum absolute atomic E-state index is 0.144. The number of benzene rings is 2. The number of hydrogen-bond acceptors (Lipinski definition) is 4. The van der Waals surface area contributed by atoms with Crippen LogP contribution < -0.4 is 15.8 Å². The molecule has 2 aromatic carbocycles. The molecule has 0 bridgehead atoms. The fourth-order valence-corrected chi connectivity index (χ4v) is 3.58. The molecule has 3 aromatic rings. The van der Waals surface area contributed by atoms with Crippen LogP contribution in [0.4, 0.5) is 10.2 Å². The second-order valence-electron chi connectivity index (χ2n) is 6.87. The molecule has 29 heavy (non-hydrogen) atoms. The van der Waals surface area contributed by atoms with Gasteiger partial charge in [-0.2, -0.15) is 5.10 Å². The minimum Gasteiger partial charge on any atom is -0.484 e. The minimum atomic E-state index is -0.553. The standard InChI is InChI=1S/C21H19FN4O3/c1-12-20-17(13-5-7-16(8-6-13)29-11-18(23)27)10-19(28)24-21(20)26(25-12)15-4-2-3-14(22)9-15/h2-9,17H,10-11H2,1H3,(H2,23,27)(H,24,28)/t17-/m1/s1. The van der Waals surface area contributed by atoms with Gasteiger partial charge >= 0.3 is 0 Å². The van der Waals surface area contributed by atoms with Crippen LogP contribution in [0.3, 0.4) is 0 Å². The van der Waals surface area contributed by atoms with Gasteiger partial charge in [0.05, 0.1) is 11.4 Å². The van der Waals surface area contributed by atoms with Gasteiger partial charge in [-0.25, -0.2) is 9.07 Å². The molecule has 1 aromatic heterocycles. The number of halogens is 1. The predicted molar refractivity (Wildman–Crippen MR) is 104 cm³/mol. The third-order valence-corrected chi connectivity index (χ3v) is 4.82. The van der Waals surface area contributed by atoms with Crippen LogP contribution in [0.15, 0.2) is 48.5 Å². The highest BCUT2D eigenvalue weighted by Crippen LogP contribution is 2.40. The van der Waals surface area contributed by atoms with Crippen LogP contribution in [0.1, 0.15) is 29.2 Å². The molecule has 0 fully saturated rings. The average Bonchev–Trinajstić information content (AvgIpc) is 3.02. The van der Waals surface area contributed by atoms with Gasteiger partial charge in [0.25, 0.3) is 5.91 Å². The third-order valence-electron chi connectivity index (χ3n) is 4.82. The van der Waals surface area contributed by atoms with Crippen LogP contribution in [0.25, 0.3) is 5.69 Å². The van der Waals surface area contributed by atoms with Gasteiger partial charge in [-0.1, -0.05) is 18.2 Å². The van der Waals surface area contributed by atoms with Crippen LogP contribution in [-0.4, -0.2) is 28.2 Å². The molecule has 0 radical (unpaired) electrons. The van der Waals surface area contributed by atoms with Gasteiger partial charge in [0.2, 0.25) is 5.91 Å². The Hall–Kier alpha value is -3.68. The average molecular weight is 394 g/mol. The lowest BCUT2D eigenvalue weighted by atomic mass is 9.86. The fourth-order valence-electron chi connectivity index (χ4n) is 3.58. The Bertz CT molecular complexity index is 1090. The number of ether oxygens (including phenoxy) is 1. The normalized spacial score (nSPS) is 15.5. The Kier molecular flexibility index (Phi) is 4.75. The summed E-state index contributed by atoms with van der Waals surface area (Å²) in [6, 6.07) is 13.2. The molecule has 0 aliphatic carbocycles. The molecule has 2 amide bonds. The van der Waals surface area contributed by atoms with E-state index in [9.17, 15) is 14.0 Å². The van der Waals surface area contributed by atoms with Crippen molar-refractivity contribution >= 4 is 17.6 Å². The van der Waals surface area contributed by atoms with E-state index in [1.165, 1.54) is 12.1 Å². The van der Waals surface area contributed by atoms with E-state index in [2.05, 4.69) is 10.4 Å². The first-order valence-electron chi connectivity index (χ1n) is 9.08. The summed E-state index contributed by atoms with van der Waals surface area (Å²) >= 11 is 0. The quantitative estimate of drug-likeness (QED) is 0.695. The van der Waals surface area contributed by atoms with E-state index >= 15 is 0 Å². The number of nitrogens with one attached hydrogen (secondary N) is 1. The number of aromatic nitrogens is 2. The largest absolute Gasteiger partial charge is 0.484 e. The van der Waals surface area contributed by atoms with Gasteiger partial charge < -0.3 is 15.8 Å².